The summed E-state index contributed by atoms with van der Waals surface area (Å²) >= 11 is 0. The molecule has 4 aromatic heterocycles. The lowest BCUT2D eigenvalue weighted by atomic mass is 9.92. The third-order valence-corrected chi connectivity index (χ3v) is 12.6. The highest BCUT2D eigenvalue weighted by Crippen LogP contribution is 2.40. The number of urea groups is 1. The number of hydrogen-bond donors (Lipinski definition) is 1. The maximum atomic E-state index is 13.8. The van der Waals surface area contributed by atoms with Crippen LogP contribution in [0.1, 0.15) is 30.0 Å². The molecule has 3 aliphatic rings. The summed E-state index contributed by atoms with van der Waals surface area (Å²) < 4.78 is 10.0. The number of benzene rings is 3. The molecule has 0 saturated carbocycles. The molecule has 7 aromatic rings. The molecule has 3 aromatic carbocycles. The number of amides is 4. The lowest BCUT2D eigenvalue weighted by molar-refractivity contribution is -0.134. The van der Waals surface area contributed by atoms with E-state index in [0.29, 0.717) is 43.1 Å². The molecule has 17 nitrogen and oxygen atoms in total. The van der Waals surface area contributed by atoms with Gasteiger partial charge in [0.15, 0.2) is 0 Å². The monoisotopic (exact) mass is 858 g/mol. The molecular weight excluding hydrogens is 813 g/mol. The van der Waals surface area contributed by atoms with Crippen LogP contribution in [-0.2, 0) is 23.7 Å². The second-order valence-corrected chi connectivity index (χ2v) is 16.3. The Morgan fingerprint density at radius 1 is 0.703 bits per heavy atom. The van der Waals surface area contributed by atoms with Crippen molar-refractivity contribution in [2.24, 2.45) is 14.1 Å². The van der Waals surface area contributed by atoms with Crippen molar-refractivity contribution in [1.29, 1.82) is 0 Å². The number of aromatic nitrogens is 7. The van der Waals surface area contributed by atoms with Crippen molar-refractivity contribution in [2.75, 3.05) is 66.0 Å². The van der Waals surface area contributed by atoms with Crippen molar-refractivity contribution in [3.05, 3.63) is 119 Å². The first-order chi connectivity index (χ1) is 31.1. The van der Waals surface area contributed by atoms with E-state index >= 15 is 0 Å². The molecule has 64 heavy (non-hydrogen) atoms. The predicted octanol–water partition coefficient (Wildman–Crippen LogP) is 5.19. The van der Waals surface area contributed by atoms with E-state index < -0.39 is 5.92 Å². The maximum absolute atomic E-state index is 13.8. The van der Waals surface area contributed by atoms with E-state index in [9.17, 15) is 19.2 Å². The number of carbonyl (C=O) groups excluding carboxylic acids is 3. The highest BCUT2D eigenvalue weighted by atomic mass is 16.5. The van der Waals surface area contributed by atoms with Crippen molar-refractivity contribution >= 4 is 51.6 Å². The number of ether oxygens (including phenoxy) is 1. The zero-order chi connectivity index (χ0) is 44.2. The van der Waals surface area contributed by atoms with Gasteiger partial charge in [0, 0.05) is 88.9 Å². The van der Waals surface area contributed by atoms with Gasteiger partial charge in [0.25, 0.3) is 0 Å². The van der Waals surface area contributed by atoms with Gasteiger partial charge in [-0.3, -0.25) is 34.4 Å². The molecule has 3 saturated heterocycles. The zero-order valence-corrected chi connectivity index (χ0v) is 35.9. The third-order valence-electron chi connectivity index (χ3n) is 12.6. The number of imide groups is 1. The molecule has 3 aliphatic heterocycles. The Labute approximate surface area is 368 Å². The summed E-state index contributed by atoms with van der Waals surface area (Å²) in [6.07, 6.45) is 5.87. The van der Waals surface area contributed by atoms with E-state index in [1.807, 2.05) is 61.1 Å². The van der Waals surface area contributed by atoms with Crippen molar-refractivity contribution < 1.29 is 19.1 Å². The van der Waals surface area contributed by atoms with Gasteiger partial charge in [0.1, 0.15) is 5.82 Å². The Balaban J connectivity index is 0.924. The van der Waals surface area contributed by atoms with Crippen LogP contribution in [0.3, 0.4) is 0 Å². The SMILES string of the molecule is COc1nn(C)c(=O)n1-c1ccc(-c2ccnc(N3CCN(c4cccnc4)C3=O)c2C)c(-c2ccc(N3CCN(c4ccc5c(C6CCC(=O)NC6=O)nn(C)c5c4)CC3)cc2)c1. The Morgan fingerprint density at radius 3 is 2.17 bits per heavy atom. The van der Waals surface area contributed by atoms with Crippen LogP contribution >= 0.6 is 0 Å². The molecular formula is C47H46N12O5. The Kier molecular flexibility index (Phi) is 10.2. The summed E-state index contributed by atoms with van der Waals surface area (Å²) in [4.78, 5) is 68.7. The number of carbonyl (C=O) groups is 3. The molecule has 1 N–H and O–H groups in total. The van der Waals surface area contributed by atoms with E-state index in [1.54, 1.807) is 35.4 Å². The minimum atomic E-state index is -0.447. The second kappa shape index (κ2) is 16.1. The standard InChI is InChI=1S/C47H46N12O5/c1-29-35(17-19-49-43(29)58-25-24-57(47(58)63)34-6-5-18-48-28-34)36-13-12-33(59-45(64-4)52-54(3)46(59)62)26-39(36)30-7-9-31(10-8-30)55-20-22-56(23-21-55)32-11-14-37-40(27-32)53(2)51-42(37)38-15-16-41(60)50-44(38)61/h5-14,17-19,26-28,38H,15-16,20-25H2,1-4H3,(H,50,60,61). The lowest BCUT2D eigenvalue weighted by Crippen LogP contribution is -2.46. The Morgan fingerprint density at radius 2 is 1.44 bits per heavy atom. The zero-order valence-electron chi connectivity index (χ0n) is 35.9. The van der Waals surface area contributed by atoms with E-state index in [-0.39, 0.29) is 29.5 Å². The van der Waals surface area contributed by atoms with Gasteiger partial charge < -0.3 is 14.5 Å². The molecule has 0 radical (unpaired) electrons. The van der Waals surface area contributed by atoms with Crippen molar-refractivity contribution in [3.63, 3.8) is 0 Å². The number of hydrogen-bond acceptors (Lipinski definition) is 11. The van der Waals surface area contributed by atoms with Gasteiger partial charge >= 0.3 is 17.7 Å². The third kappa shape index (κ3) is 6.98. The first-order valence-electron chi connectivity index (χ1n) is 21.3. The quantitative estimate of drug-likeness (QED) is 0.190. The van der Waals surface area contributed by atoms with Gasteiger partial charge in [-0.25, -0.2) is 23.8 Å². The predicted molar refractivity (Wildman–Crippen MR) is 243 cm³/mol. The molecule has 0 spiro atoms. The Hall–Kier alpha value is -7.82. The number of anilines is 4. The molecule has 7 heterocycles. The van der Waals surface area contributed by atoms with Crippen LogP contribution in [-0.4, -0.2) is 98.3 Å². The van der Waals surface area contributed by atoms with Gasteiger partial charge in [-0.2, -0.15) is 5.10 Å². The van der Waals surface area contributed by atoms with Crippen LogP contribution in [0.15, 0.2) is 102 Å². The number of nitrogens with zero attached hydrogens (tertiary/aromatic N) is 11. The molecule has 10 rings (SSSR count). The molecule has 4 amide bonds. The fourth-order valence-corrected chi connectivity index (χ4v) is 9.27. The van der Waals surface area contributed by atoms with Crippen LogP contribution in [0.4, 0.5) is 27.7 Å². The van der Waals surface area contributed by atoms with Crippen molar-refractivity contribution in [2.45, 2.75) is 25.7 Å². The summed E-state index contributed by atoms with van der Waals surface area (Å²) in [5.74, 6) is -0.389. The first-order valence-corrected chi connectivity index (χ1v) is 21.3. The molecule has 0 bridgehead atoms. The van der Waals surface area contributed by atoms with Crippen molar-refractivity contribution in [1.82, 2.24) is 39.4 Å². The average molecular weight is 859 g/mol. The number of piperidine rings is 1. The first kappa shape index (κ1) is 40.3. The number of piperazine rings is 1. The van der Waals surface area contributed by atoms with Crippen LogP contribution in [0.5, 0.6) is 6.01 Å². The largest absolute Gasteiger partial charge is 0.467 e. The van der Waals surface area contributed by atoms with E-state index in [1.165, 1.54) is 16.4 Å². The average Bonchev–Trinajstić information content (AvgIpc) is 3.97. The molecule has 324 valence electrons. The van der Waals surface area contributed by atoms with E-state index in [0.717, 1.165) is 82.0 Å². The van der Waals surface area contributed by atoms with Gasteiger partial charge in [0.05, 0.1) is 41.8 Å². The molecule has 0 aliphatic carbocycles. The highest BCUT2D eigenvalue weighted by molar-refractivity contribution is 6.06. The van der Waals surface area contributed by atoms with Gasteiger partial charge in [-0.15, -0.1) is 5.10 Å². The van der Waals surface area contributed by atoms with Gasteiger partial charge in [-0.1, -0.05) is 18.2 Å². The van der Waals surface area contributed by atoms with Gasteiger partial charge in [-0.05, 0) is 102 Å². The summed E-state index contributed by atoms with van der Waals surface area (Å²) in [6.45, 7) is 6.20. The normalized spacial score (nSPS) is 16.9. The lowest BCUT2D eigenvalue weighted by Gasteiger charge is -2.37. The fraction of sp³-hybridized carbons (Fsp3) is 0.277. The van der Waals surface area contributed by atoms with E-state index in [2.05, 4.69) is 61.6 Å². The Bertz CT molecular complexity index is 3020. The smallest absolute Gasteiger partial charge is 0.353 e. The summed E-state index contributed by atoms with van der Waals surface area (Å²) in [5, 5.41) is 12.4. The van der Waals surface area contributed by atoms with Crippen molar-refractivity contribution in [3.8, 4) is 34.0 Å². The van der Waals surface area contributed by atoms with Crippen LogP contribution in [0.2, 0.25) is 0 Å². The van der Waals surface area contributed by atoms with Gasteiger partial charge in [0.2, 0.25) is 11.8 Å². The molecule has 1 unspecified atom stereocenters. The highest BCUT2D eigenvalue weighted by Gasteiger charge is 2.34. The number of methoxy groups -OCH3 is 1. The fourth-order valence-electron chi connectivity index (χ4n) is 9.27. The summed E-state index contributed by atoms with van der Waals surface area (Å²) in [7, 11) is 4.97. The molecule has 1 atom stereocenters. The maximum Gasteiger partial charge on any atom is 0.353 e. The molecule has 3 fully saturated rings. The number of fused-ring (bicyclic) bond motifs is 1. The second-order valence-electron chi connectivity index (χ2n) is 16.3. The summed E-state index contributed by atoms with van der Waals surface area (Å²) in [6, 6.07) is 26.3. The number of pyridine rings is 2. The summed E-state index contributed by atoms with van der Waals surface area (Å²) in [5.41, 5.74) is 9.31. The van der Waals surface area contributed by atoms with Crippen LogP contribution < -0.4 is 35.3 Å². The van der Waals surface area contributed by atoms with Crippen LogP contribution in [0, 0.1) is 6.92 Å². The van der Waals surface area contributed by atoms with E-state index in [4.69, 9.17) is 14.8 Å². The topological polar surface area (TPSA) is 169 Å². The number of rotatable bonds is 9. The minimum Gasteiger partial charge on any atom is -0.467 e. The number of nitrogens with one attached hydrogen (secondary N) is 1. The van der Waals surface area contributed by atoms with Crippen LogP contribution in [0.25, 0.3) is 38.8 Å². The molecule has 17 heteroatoms. The number of aryl methyl sites for hydroxylation is 2. The minimum absolute atomic E-state index is 0.161.